The zero-order valence-corrected chi connectivity index (χ0v) is 12.0. The predicted octanol–water partition coefficient (Wildman–Crippen LogP) is 3.92. The average molecular weight is 293 g/mol. The molecule has 1 aromatic carbocycles. The molecule has 1 N–H and O–H groups in total. The van der Waals surface area contributed by atoms with E-state index in [0.29, 0.717) is 5.16 Å². The summed E-state index contributed by atoms with van der Waals surface area (Å²) in [6.07, 6.45) is 7.31. The van der Waals surface area contributed by atoms with Gasteiger partial charge >= 0.3 is 0 Å². The first kappa shape index (κ1) is 13.5. The number of allylic oxidation sites excluding steroid dienone is 1. The van der Waals surface area contributed by atoms with E-state index in [1.54, 1.807) is 12.1 Å². The van der Waals surface area contributed by atoms with E-state index in [0.717, 1.165) is 43.6 Å². The summed E-state index contributed by atoms with van der Waals surface area (Å²) in [5.41, 5.74) is 1.89. The van der Waals surface area contributed by atoms with Crippen molar-refractivity contribution in [2.75, 3.05) is 13.1 Å². The van der Waals surface area contributed by atoms with E-state index in [4.69, 9.17) is 11.6 Å². The largest absolute Gasteiger partial charge is 0.372 e. The Labute approximate surface area is 123 Å². The Bertz CT molecular complexity index is 553. The molecule has 0 saturated carbocycles. The third-order valence-corrected chi connectivity index (χ3v) is 4.20. The first-order valence-corrected chi connectivity index (χ1v) is 7.46. The van der Waals surface area contributed by atoms with Gasteiger partial charge in [0, 0.05) is 24.4 Å². The molecule has 0 radical (unpaired) electrons. The molecule has 2 heterocycles. The summed E-state index contributed by atoms with van der Waals surface area (Å²) < 4.78 is 14.1. The molecular formula is C16H18ClFN2. The number of likely N-dealkylation sites (tertiary alicyclic amines) is 1. The maximum atomic E-state index is 14.1. The fraction of sp³-hybridized carbons (Fsp3) is 0.375. The highest BCUT2D eigenvalue weighted by Gasteiger charge is 2.27. The lowest BCUT2D eigenvalue weighted by atomic mass is 9.94. The van der Waals surface area contributed by atoms with Crippen LogP contribution in [0.5, 0.6) is 0 Å². The molecule has 0 unspecified atom stereocenters. The zero-order valence-electron chi connectivity index (χ0n) is 11.3. The molecule has 0 aliphatic carbocycles. The molecule has 0 aromatic heterocycles. The van der Waals surface area contributed by atoms with Crippen LogP contribution in [0.3, 0.4) is 0 Å². The number of nitrogens with one attached hydrogen (secondary N) is 1. The number of halogens is 2. The number of hydrogen-bond acceptors (Lipinski definition) is 2. The molecule has 0 bridgehead atoms. The van der Waals surface area contributed by atoms with Gasteiger partial charge in [-0.25, -0.2) is 4.39 Å². The van der Waals surface area contributed by atoms with Crippen molar-refractivity contribution in [3.05, 3.63) is 58.7 Å². The van der Waals surface area contributed by atoms with Crippen LogP contribution >= 0.6 is 11.6 Å². The summed E-state index contributed by atoms with van der Waals surface area (Å²) in [6, 6.07) is 7.19. The second kappa shape index (κ2) is 5.88. The fourth-order valence-corrected chi connectivity index (χ4v) is 3.19. The third-order valence-electron chi connectivity index (χ3n) is 3.96. The van der Waals surface area contributed by atoms with Gasteiger partial charge in [-0.3, -0.25) is 0 Å². The first-order chi connectivity index (χ1) is 9.75. The lowest BCUT2D eigenvalue weighted by molar-refractivity contribution is 0.197. The lowest BCUT2D eigenvalue weighted by Crippen LogP contribution is -2.34. The van der Waals surface area contributed by atoms with Crippen molar-refractivity contribution in [2.45, 2.75) is 25.3 Å². The molecule has 1 aromatic rings. The molecule has 2 nitrogen and oxygen atoms in total. The van der Waals surface area contributed by atoms with E-state index >= 15 is 0 Å². The van der Waals surface area contributed by atoms with E-state index < -0.39 is 0 Å². The molecule has 3 rings (SSSR count). The average Bonchev–Trinajstić information content (AvgIpc) is 2.48. The smallest absolute Gasteiger partial charge is 0.128 e. The molecular weight excluding hydrogens is 275 g/mol. The van der Waals surface area contributed by atoms with Crippen molar-refractivity contribution < 1.29 is 4.39 Å². The summed E-state index contributed by atoms with van der Waals surface area (Å²) in [6.45, 7) is 1.68. The van der Waals surface area contributed by atoms with Crippen molar-refractivity contribution in [1.29, 1.82) is 0 Å². The van der Waals surface area contributed by atoms with Gasteiger partial charge in [0.05, 0.1) is 6.04 Å². The van der Waals surface area contributed by atoms with Gasteiger partial charge in [0.15, 0.2) is 0 Å². The van der Waals surface area contributed by atoms with Gasteiger partial charge in [-0.15, -0.1) is 0 Å². The summed E-state index contributed by atoms with van der Waals surface area (Å²) in [4.78, 5) is 2.28. The van der Waals surface area contributed by atoms with Crippen LogP contribution in [-0.2, 0) is 0 Å². The molecule has 1 saturated heterocycles. The van der Waals surface area contributed by atoms with E-state index in [1.807, 2.05) is 18.2 Å². The van der Waals surface area contributed by atoms with Gasteiger partial charge < -0.3 is 10.2 Å². The fourth-order valence-electron chi connectivity index (χ4n) is 3.00. The Hall–Kier alpha value is -1.48. The van der Waals surface area contributed by atoms with Crippen molar-refractivity contribution in [3.63, 3.8) is 0 Å². The molecule has 4 heteroatoms. The van der Waals surface area contributed by atoms with Gasteiger partial charge in [-0.1, -0.05) is 29.8 Å². The minimum Gasteiger partial charge on any atom is -0.372 e. The van der Waals surface area contributed by atoms with Crippen molar-refractivity contribution in [3.8, 4) is 0 Å². The van der Waals surface area contributed by atoms with Gasteiger partial charge in [-0.05, 0) is 37.5 Å². The van der Waals surface area contributed by atoms with Crippen molar-refractivity contribution in [2.24, 2.45) is 0 Å². The van der Waals surface area contributed by atoms with Gasteiger partial charge in [-0.2, -0.15) is 0 Å². The lowest BCUT2D eigenvalue weighted by Gasteiger charge is -2.39. The van der Waals surface area contributed by atoms with Gasteiger partial charge in [0.2, 0.25) is 0 Å². The van der Waals surface area contributed by atoms with Crippen molar-refractivity contribution in [1.82, 2.24) is 10.2 Å². The van der Waals surface area contributed by atoms with Crippen LogP contribution in [0.15, 0.2) is 47.3 Å². The van der Waals surface area contributed by atoms with Gasteiger partial charge in [0.1, 0.15) is 11.0 Å². The molecule has 106 valence electrons. The first-order valence-electron chi connectivity index (χ1n) is 7.08. The topological polar surface area (TPSA) is 15.3 Å². The summed E-state index contributed by atoms with van der Waals surface area (Å²) in [7, 11) is 0. The van der Waals surface area contributed by atoms with E-state index in [1.165, 1.54) is 0 Å². The summed E-state index contributed by atoms with van der Waals surface area (Å²) >= 11 is 6.06. The Morgan fingerprint density at radius 2 is 2.10 bits per heavy atom. The summed E-state index contributed by atoms with van der Waals surface area (Å²) in [5.74, 6) is -0.117. The predicted molar refractivity (Wildman–Crippen MR) is 79.7 cm³/mol. The van der Waals surface area contributed by atoms with Crippen LogP contribution in [0.4, 0.5) is 4.39 Å². The molecule has 0 amide bonds. The van der Waals surface area contributed by atoms with Crippen LogP contribution in [0.25, 0.3) is 0 Å². The second-order valence-electron chi connectivity index (χ2n) is 5.23. The van der Waals surface area contributed by atoms with Crippen LogP contribution in [0.2, 0.25) is 0 Å². The van der Waals surface area contributed by atoms with Crippen LogP contribution < -0.4 is 5.32 Å². The number of dihydropyridines is 1. The standard InChI is InChI=1S/C16H18ClFN2/c17-16-11-12(8-9-19-16)20-10-4-3-7-15(20)13-5-1-2-6-14(13)18/h1-2,5-6,8,11,15,19H,3-4,7,9-10H2/t15-/m1/s1. The zero-order chi connectivity index (χ0) is 13.9. The monoisotopic (exact) mass is 292 g/mol. The highest BCUT2D eigenvalue weighted by atomic mass is 35.5. The molecule has 2 aliphatic heterocycles. The highest BCUT2D eigenvalue weighted by Crippen LogP contribution is 2.35. The van der Waals surface area contributed by atoms with Crippen molar-refractivity contribution >= 4 is 11.6 Å². The van der Waals surface area contributed by atoms with E-state index in [2.05, 4.69) is 16.3 Å². The maximum Gasteiger partial charge on any atom is 0.128 e. The highest BCUT2D eigenvalue weighted by molar-refractivity contribution is 6.29. The molecule has 2 aliphatic rings. The van der Waals surface area contributed by atoms with E-state index in [9.17, 15) is 4.39 Å². The second-order valence-corrected chi connectivity index (χ2v) is 5.64. The number of rotatable bonds is 2. The number of hydrogen-bond donors (Lipinski definition) is 1. The minimum atomic E-state index is -0.117. The molecule has 1 atom stereocenters. The number of benzene rings is 1. The van der Waals surface area contributed by atoms with Gasteiger partial charge in [0.25, 0.3) is 0 Å². The maximum absolute atomic E-state index is 14.1. The van der Waals surface area contributed by atoms with E-state index in [-0.39, 0.29) is 11.9 Å². The minimum absolute atomic E-state index is 0.106. The Kier molecular flexibility index (Phi) is 3.97. The Balaban J connectivity index is 1.92. The third kappa shape index (κ3) is 2.68. The SMILES string of the molecule is Fc1ccccc1[C@H]1CCCCN1C1=CCNC(Cl)=C1. The Morgan fingerprint density at radius 3 is 2.90 bits per heavy atom. The van der Waals surface area contributed by atoms with Crippen LogP contribution in [0, 0.1) is 5.82 Å². The normalized spacial score (nSPS) is 22.9. The number of piperidine rings is 1. The molecule has 20 heavy (non-hydrogen) atoms. The van der Waals surface area contributed by atoms with Crippen LogP contribution in [-0.4, -0.2) is 18.0 Å². The quantitative estimate of drug-likeness (QED) is 0.831. The molecule has 1 fully saturated rings. The summed E-state index contributed by atoms with van der Waals surface area (Å²) in [5, 5.41) is 3.72. The number of nitrogens with zero attached hydrogens (tertiary/aromatic N) is 1. The Morgan fingerprint density at radius 1 is 1.25 bits per heavy atom. The molecule has 0 spiro atoms. The van der Waals surface area contributed by atoms with Crippen LogP contribution in [0.1, 0.15) is 30.9 Å².